The van der Waals surface area contributed by atoms with Crippen LogP contribution < -0.4 is 11.1 Å². The third kappa shape index (κ3) is 5.12. The van der Waals surface area contributed by atoms with Gasteiger partial charge in [-0.05, 0) is 55.5 Å². The number of halogens is 2. The van der Waals surface area contributed by atoms with Gasteiger partial charge >= 0.3 is 0 Å². The van der Waals surface area contributed by atoms with Gasteiger partial charge in [0.05, 0.1) is 17.8 Å². The number of amides is 2. The van der Waals surface area contributed by atoms with Gasteiger partial charge in [0.25, 0.3) is 5.91 Å². The topological polar surface area (TPSA) is 88.3 Å². The zero-order valence-electron chi connectivity index (χ0n) is 16.9. The van der Waals surface area contributed by atoms with Crippen molar-refractivity contribution in [3.63, 3.8) is 0 Å². The molecule has 2 aromatic rings. The van der Waals surface area contributed by atoms with Crippen LogP contribution in [-0.4, -0.2) is 33.8 Å². The molecule has 1 aliphatic carbocycles. The summed E-state index contributed by atoms with van der Waals surface area (Å²) in [5.41, 5.74) is 8.25. The highest BCUT2D eigenvalue weighted by atomic mass is 35.5. The Morgan fingerprint density at radius 1 is 1.27 bits per heavy atom. The van der Waals surface area contributed by atoms with Gasteiger partial charge < -0.3 is 11.1 Å². The van der Waals surface area contributed by atoms with Crippen molar-refractivity contribution in [1.82, 2.24) is 14.7 Å². The molecule has 1 aromatic carbocycles. The summed E-state index contributed by atoms with van der Waals surface area (Å²) >= 11 is 12.6. The van der Waals surface area contributed by atoms with E-state index in [-0.39, 0.29) is 23.3 Å². The fourth-order valence-electron chi connectivity index (χ4n) is 3.97. The molecule has 30 heavy (non-hydrogen) atoms. The average Bonchev–Trinajstić information content (AvgIpc) is 2.77. The first-order chi connectivity index (χ1) is 14.3. The van der Waals surface area contributed by atoms with E-state index in [1.165, 1.54) is 17.5 Å². The van der Waals surface area contributed by atoms with E-state index >= 15 is 0 Å². The van der Waals surface area contributed by atoms with Crippen LogP contribution in [0.3, 0.4) is 0 Å². The van der Waals surface area contributed by atoms with E-state index in [0.717, 1.165) is 31.2 Å². The largest absolute Gasteiger partial charge is 0.351 e. The Hall–Kier alpha value is -2.15. The Labute approximate surface area is 186 Å². The highest BCUT2D eigenvalue weighted by Crippen LogP contribution is 2.41. The van der Waals surface area contributed by atoms with Crippen LogP contribution in [0.25, 0.3) is 0 Å². The minimum atomic E-state index is -0.275. The summed E-state index contributed by atoms with van der Waals surface area (Å²) in [6, 6.07) is 11.2. The van der Waals surface area contributed by atoms with Crippen molar-refractivity contribution >= 4 is 35.2 Å². The number of hydrogen-bond donors (Lipinski definition) is 2. The molecule has 160 valence electrons. The number of nitrogens with one attached hydrogen (secondary N) is 1. The van der Waals surface area contributed by atoms with Crippen LogP contribution in [-0.2, 0) is 16.8 Å². The molecule has 1 fully saturated rings. The van der Waals surface area contributed by atoms with Crippen LogP contribution in [0.4, 0.5) is 0 Å². The quantitative estimate of drug-likeness (QED) is 0.657. The molecule has 8 heteroatoms. The molecule has 1 saturated carbocycles. The molecular weight excluding hydrogens is 423 g/mol. The fourth-order valence-corrected chi connectivity index (χ4v) is 4.45. The van der Waals surface area contributed by atoms with E-state index in [4.69, 9.17) is 29.1 Å². The van der Waals surface area contributed by atoms with E-state index in [0.29, 0.717) is 29.4 Å². The molecule has 0 unspecified atom stereocenters. The van der Waals surface area contributed by atoms with Crippen LogP contribution >= 0.6 is 23.4 Å². The second-order valence-corrected chi connectivity index (χ2v) is 8.59. The van der Waals surface area contributed by atoms with Crippen LogP contribution in [0.15, 0.2) is 42.6 Å². The highest BCUT2D eigenvalue weighted by Gasteiger charge is 2.38. The second-order valence-electron chi connectivity index (χ2n) is 7.79. The summed E-state index contributed by atoms with van der Waals surface area (Å²) in [7, 11) is 0. The lowest BCUT2D eigenvalue weighted by Gasteiger charge is -2.41. The summed E-state index contributed by atoms with van der Waals surface area (Å²) in [5, 5.41) is 3.37. The van der Waals surface area contributed by atoms with E-state index in [9.17, 15) is 9.59 Å². The lowest BCUT2D eigenvalue weighted by atomic mass is 9.68. The van der Waals surface area contributed by atoms with E-state index < -0.39 is 0 Å². The molecule has 6 nitrogen and oxygen atoms in total. The number of nitrogens with zero attached hydrogens (tertiary/aromatic N) is 2. The van der Waals surface area contributed by atoms with Gasteiger partial charge in [-0.3, -0.25) is 14.6 Å². The zero-order chi connectivity index (χ0) is 21.7. The number of carbonyl (C=O) groups is 2. The minimum Gasteiger partial charge on any atom is -0.351 e. The van der Waals surface area contributed by atoms with Gasteiger partial charge in [-0.25, -0.2) is 4.42 Å². The lowest BCUT2D eigenvalue weighted by Crippen LogP contribution is -2.44. The van der Waals surface area contributed by atoms with Crippen LogP contribution in [0.5, 0.6) is 0 Å². The Morgan fingerprint density at radius 2 is 2.00 bits per heavy atom. The number of carbonyl (C=O) groups excluding carboxylic acids is 2. The van der Waals surface area contributed by atoms with Gasteiger partial charge in [-0.2, -0.15) is 0 Å². The van der Waals surface area contributed by atoms with Gasteiger partial charge in [0.1, 0.15) is 0 Å². The number of nitrogens with two attached hydrogens (primary N) is 1. The summed E-state index contributed by atoms with van der Waals surface area (Å²) in [4.78, 5) is 28.0. The Balaban J connectivity index is 1.63. The maximum atomic E-state index is 12.8. The molecule has 1 aliphatic rings. The second kappa shape index (κ2) is 9.77. The molecule has 3 rings (SSSR count). The molecule has 2 amide bonds. The Morgan fingerprint density at radius 3 is 2.57 bits per heavy atom. The predicted octanol–water partition coefficient (Wildman–Crippen LogP) is 3.81. The van der Waals surface area contributed by atoms with Crippen LogP contribution in [0, 0.1) is 0 Å². The molecule has 0 bridgehead atoms. The van der Waals surface area contributed by atoms with Gasteiger partial charge in [0.15, 0.2) is 0 Å². The SMILES string of the molecule is CC(=O)NCc1ccc(C(=O)N(Cl)C2CCC(CN)(c3cccc(Cl)c3)CC2)cn1. The zero-order valence-corrected chi connectivity index (χ0v) is 18.4. The van der Waals surface area contributed by atoms with E-state index in [1.54, 1.807) is 12.1 Å². The van der Waals surface area contributed by atoms with Crippen LogP contribution in [0.1, 0.15) is 54.2 Å². The first-order valence-electron chi connectivity index (χ1n) is 9.99. The molecule has 0 atom stereocenters. The average molecular weight is 449 g/mol. The van der Waals surface area contributed by atoms with E-state index in [1.807, 2.05) is 18.2 Å². The van der Waals surface area contributed by atoms with Gasteiger partial charge in [-0.1, -0.05) is 23.7 Å². The van der Waals surface area contributed by atoms with Crippen molar-refractivity contribution < 1.29 is 9.59 Å². The fraction of sp³-hybridized carbons (Fsp3) is 0.409. The number of aromatic nitrogens is 1. The van der Waals surface area contributed by atoms with Crippen molar-refractivity contribution in [3.8, 4) is 0 Å². The standard InChI is InChI=1S/C22H26Cl2N4O2/c1-15(29)26-13-19-6-5-16(12-27-19)21(30)28(24)20-7-9-22(14-25,10-8-20)17-3-2-4-18(23)11-17/h2-6,11-12,20H,7-10,13-14,25H2,1H3,(H,26,29). The predicted molar refractivity (Wildman–Crippen MR) is 118 cm³/mol. The lowest BCUT2D eigenvalue weighted by molar-refractivity contribution is -0.119. The van der Waals surface area contributed by atoms with Crippen LogP contribution in [0.2, 0.25) is 5.02 Å². The van der Waals surface area contributed by atoms with Gasteiger partial charge in [-0.15, -0.1) is 0 Å². The highest BCUT2D eigenvalue weighted by molar-refractivity contribution is 6.30. The number of benzene rings is 1. The first kappa shape index (κ1) is 22.5. The molecule has 0 saturated heterocycles. The maximum Gasteiger partial charge on any atom is 0.270 e. The first-order valence-corrected chi connectivity index (χ1v) is 10.7. The summed E-state index contributed by atoms with van der Waals surface area (Å²) < 4.78 is 1.29. The van der Waals surface area contributed by atoms with Gasteiger partial charge in [0.2, 0.25) is 5.91 Å². The number of rotatable bonds is 6. The van der Waals surface area contributed by atoms with Crippen molar-refractivity contribution in [2.24, 2.45) is 5.73 Å². The molecule has 0 radical (unpaired) electrons. The monoisotopic (exact) mass is 448 g/mol. The molecule has 1 aromatic heterocycles. The van der Waals surface area contributed by atoms with Crippen molar-refractivity contribution in [1.29, 1.82) is 0 Å². The Kier molecular flexibility index (Phi) is 7.34. The molecule has 1 heterocycles. The number of pyridine rings is 1. The Bertz CT molecular complexity index is 896. The smallest absolute Gasteiger partial charge is 0.270 e. The molecule has 3 N–H and O–H groups in total. The minimum absolute atomic E-state index is 0.0721. The molecular formula is C22H26Cl2N4O2. The maximum absolute atomic E-state index is 12.8. The van der Waals surface area contributed by atoms with Gasteiger partial charge in [0, 0.05) is 47.9 Å². The third-order valence-corrected chi connectivity index (χ3v) is 6.51. The summed E-state index contributed by atoms with van der Waals surface area (Å²) in [6.07, 6.45) is 4.67. The van der Waals surface area contributed by atoms with Crippen molar-refractivity contribution in [3.05, 3.63) is 64.4 Å². The summed E-state index contributed by atoms with van der Waals surface area (Å²) in [5.74, 6) is -0.407. The molecule has 0 spiro atoms. The molecule has 0 aliphatic heterocycles. The van der Waals surface area contributed by atoms with E-state index in [2.05, 4.69) is 16.4 Å². The van der Waals surface area contributed by atoms with Crippen molar-refractivity contribution in [2.45, 2.75) is 50.6 Å². The third-order valence-electron chi connectivity index (χ3n) is 5.84. The normalized spacial score (nSPS) is 21.1. The number of hydrogen-bond acceptors (Lipinski definition) is 4. The van der Waals surface area contributed by atoms with Crippen molar-refractivity contribution in [2.75, 3.05) is 6.54 Å². The summed E-state index contributed by atoms with van der Waals surface area (Å²) in [6.45, 7) is 2.29.